The number of pyridine rings is 1. The van der Waals surface area contributed by atoms with Crippen molar-refractivity contribution in [3.8, 4) is 11.4 Å². The number of aromatic nitrogens is 5. The molecule has 0 saturated carbocycles. The zero-order valence-corrected chi connectivity index (χ0v) is 19.0. The second kappa shape index (κ2) is 8.40. The number of fused-ring (bicyclic) bond motifs is 1. The van der Waals surface area contributed by atoms with E-state index in [1.165, 1.54) is 6.07 Å². The minimum Gasteiger partial charge on any atom is -0.478 e. The zero-order valence-electron chi connectivity index (χ0n) is 19.0. The molecule has 4 heterocycles. The number of aryl methyl sites for hydroxylation is 1. The van der Waals surface area contributed by atoms with E-state index in [1.54, 1.807) is 16.9 Å². The van der Waals surface area contributed by atoms with E-state index in [1.807, 2.05) is 42.1 Å². The maximum Gasteiger partial charge on any atom is 0.338 e. The van der Waals surface area contributed by atoms with Crippen molar-refractivity contribution in [1.29, 1.82) is 0 Å². The van der Waals surface area contributed by atoms with Crippen molar-refractivity contribution in [2.75, 3.05) is 4.90 Å². The van der Waals surface area contributed by atoms with Gasteiger partial charge in [-0.2, -0.15) is 5.10 Å². The van der Waals surface area contributed by atoms with E-state index in [4.69, 9.17) is 4.98 Å². The van der Waals surface area contributed by atoms with Gasteiger partial charge in [0.05, 0.1) is 23.3 Å². The van der Waals surface area contributed by atoms with Crippen molar-refractivity contribution in [3.05, 3.63) is 72.5 Å². The third-order valence-corrected chi connectivity index (χ3v) is 6.43. The number of hydrogen-bond acceptors (Lipinski definition) is 5. The number of rotatable bonds is 6. The highest BCUT2D eigenvalue weighted by atomic mass is 19.1. The first kappa shape index (κ1) is 21.8. The highest BCUT2D eigenvalue weighted by Gasteiger charge is 2.29. The fourth-order valence-corrected chi connectivity index (χ4v) is 4.73. The lowest BCUT2D eigenvalue weighted by atomic mass is 10.2. The van der Waals surface area contributed by atoms with Crippen LogP contribution in [0, 0.1) is 5.82 Å². The van der Waals surface area contributed by atoms with Gasteiger partial charge in [-0.3, -0.25) is 4.68 Å². The molecule has 1 aromatic carbocycles. The van der Waals surface area contributed by atoms with E-state index in [9.17, 15) is 9.90 Å². The van der Waals surface area contributed by atoms with Crippen LogP contribution in [0.15, 0.2) is 55.4 Å². The Kier molecular flexibility index (Phi) is 5.39. The van der Waals surface area contributed by atoms with E-state index in [0.29, 0.717) is 29.5 Å². The van der Waals surface area contributed by atoms with Gasteiger partial charge in [-0.1, -0.05) is 6.08 Å². The lowest BCUT2D eigenvalue weighted by Crippen LogP contribution is -2.33. The van der Waals surface area contributed by atoms with Gasteiger partial charge in [0.15, 0.2) is 5.82 Å². The summed E-state index contributed by atoms with van der Waals surface area (Å²) in [4.78, 5) is 22.9. The molecule has 34 heavy (non-hydrogen) atoms. The largest absolute Gasteiger partial charge is 0.478 e. The number of nitrogens with zero attached hydrogens (tertiary/aromatic N) is 6. The van der Waals surface area contributed by atoms with Crippen LogP contribution in [0.3, 0.4) is 0 Å². The molecule has 3 aromatic heterocycles. The Morgan fingerprint density at radius 3 is 2.74 bits per heavy atom. The van der Waals surface area contributed by atoms with Crippen molar-refractivity contribution in [2.24, 2.45) is 7.05 Å². The second-order valence-electron chi connectivity index (χ2n) is 8.64. The van der Waals surface area contributed by atoms with Crippen LogP contribution < -0.4 is 4.90 Å². The fraction of sp³-hybridized carbons (Fsp3) is 0.280. The third kappa shape index (κ3) is 3.63. The van der Waals surface area contributed by atoms with Crippen LogP contribution in [0.25, 0.3) is 22.4 Å². The molecule has 1 saturated heterocycles. The summed E-state index contributed by atoms with van der Waals surface area (Å²) < 4.78 is 18.6. The maximum atomic E-state index is 15.1. The number of halogens is 1. The van der Waals surface area contributed by atoms with Crippen molar-refractivity contribution in [2.45, 2.75) is 38.4 Å². The highest BCUT2D eigenvalue weighted by molar-refractivity contribution is 5.94. The molecule has 1 aliphatic rings. The molecule has 5 rings (SSSR count). The van der Waals surface area contributed by atoms with E-state index in [2.05, 4.69) is 28.5 Å². The van der Waals surface area contributed by atoms with Gasteiger partial charge in [0, 0.05) is 37.1 Å². The molecule has 0 bridgehead atoms. The van der Waals surface area contributed by atoms with Crippen LogP contribution in [-0.4, -0.2) is 47.5 Å². The number of aromatic carboxylic acids is 1. The molecular weight excluding hydrogens is 435 g/mol. The van der Waals surface area contributed by atoms with Crippen molar-refractivity contribution in [3.63, 3.8) is 0 Å². The summed E-state index contributed by atoms with van der Waals surface area (Å²) in [5.41, 5.74) is 1.57. The minimum absolute atomic E-state index is 0.00907. The second-order valence-corrected chi connectivity index (χ2v) is 8.64. The molecule has 1 N–H and O–H groups in total. The number of carboxylic acid groups (broad SMARTS) is 1. The van der Waals surface area contributed by atoms with Crippen molar-refractivity contribution >= 4 is 22.8 Å². The SMILES string of the molecule is C=C[C@H]1CC[C@H](C)N1c1ccc(-c2nc3c(F)c(C(=O)O)ccc3n2Cc2ccn(C)n2)cn1. The molecule has 1 aliphatic heterocycles. The summed E-state index contributed by atoms with van der Waals surface area (Å²) in [6.45, 7) is 6.48. The molecule has 0 amide bonds. The average Bonchev–Trinajstić information content (AvgIpc) is 3.51. The molecule has 0 spiro atoms. The number of anilines is 1. The van der Waals surface area contributed by atoms with E-state index < -0.39 is 17.3 Å². The van der Waals surface area contributed by atoms with Crippen LogP contribution in [0.1, 0.15) is 35.8 Å². The highest BCUT2D eigenvalue weighted by Crippen LogP contribution is 2.32. The van der Waals surface area contributed by atoms with Gasteiger partial charge in [0.2, 0.25) is 0 Å². The van der Waals surface area contributed by atoms with E-state index in [0.717, 1.165) is 24.4 Å². The molecule has 8 nitrogen and oxygen atoms in total. The zero-order chi connectivity index (χ0) is 24.0. The Morgan fingerprint density at radius 1 is 1.26 bits per heavy atom. The van der Waals surface area contributed by atoms with Crippen LogP contribution in [-0.2, 0) is 13.6 Å². The first-order valence-corrected chi connectivity index (χ1v) is 11.1. The van der Waals surface area contributed by atoms with Crippen molar-refractivity contribution < 1.29 is 14.3 Å². The minimum atomic E-state index is -1.33. The van der Waals surface area contributed by atoms with Crippen LogP contribution in [0.5, 0.6) is 0 Å². The summed E-state index contributed by atoms with van der Waals surface area (Å²) in [6.07, 6.45) is 7.63. The lowest BCUT2D eigenvalue weighted by Gasteiger charge is -2.27. The Bertz CT molecular complexity index is 1390. The van der Waals surface area contributed by atoms with Gasteiger partial charge >= 0.3 is 5.97 Å². The average molecular weight is 461 g/mol. The van der Waals surface area contributed by atoms with E-state index >= 15 is 4.39 Å². The number of imidazole rings is 1. The summed E-state index contributed by atoms with van der Waals surface area (Å²) in [5, 5.41) is 13.8. The van der Waals surface area contributed by atoms with Gasteiger partial charge < -0.3 is 14.6 Å². The molecule has 1 fully saturated rings. The number of carboxylic acids is 1. The number of carbonyl (C=O) groups is 1. The molecular formula is C25H25FN6O2. The molecule has 174 valence electrons. The first-order valence-electron chi connectivity index (χ1n) is 11.1. The molecule has 2 atom stereocenters. The first-order chi connectivity index (χ1) is 16.4. The third-order valence-electron chi connectivity index (χ3n) is 6.43. The smallest absolute Gasteiger partial charge is 0.338 e. The van der Waals surface area contributed by atoms with Gasteiger partial charge in [-0.05, 0) is 50.1 Å². The summed E-state index contributed by atoms with van der Waals surface area (Å²) in [6, 6.07) is 9.19. The van der Waals surface area contributed by atoms with Crippen molar-refractivity contribution in [1.82, 2.24) is 24.3 Å². The Hall–Kier alpha value is -4.01. The topological polar surface area (TPSA) is 89.1 Å². The maximum absolute atomic E-state index is 15.1. The lowest BCUT2D eigenvalue weighted by molar-refractivity contribution is 0.0692. The summed E-state index contributed by atoms with van der Waals surface area (Å²) >= 11 is 0. The molecule has 4 aromatic rings. The Morgan fingerprint density at radius 2 is 2.09 bits per heavy atom. The number of hydrogen-bond donors (Lipinski definition) is 1. The normalized spacial score (nSPS) is 18.0. The molecule has 0 aliphatic carbocycles. The van der Waals surface area contributed by atoms with E-state index in [-0.39, 0.29) is 11.6 Å². The Balaban J connectivity index is 1.61. The van der Waals surface area contributed by atoms with Crippen LogP contribution in [0.4, 0.5) is 10.2 Å². The summed E-state index contributed by atoms with van der Waals surface area (Å²) in [7, 11) is 1.83. The van der Waals surface area contributed by atoms with Gasteiger partial charge in [0.25, 0.3) is 0 Å². The monoisotopic (exact) mass is 460 g/mol. The fourth-order valence-electron chi connectivity index (χ4n) is 4.73. The molecule has 0 radical (unpaired) electrons. The molecule has 9 heteroatoms. The van der Waals surface area contributed by atoms with Crippen LogP contribution in [0.2, 0.25) is 0 Å². The predicted octanol–water partition coefficient (Wildman–Crippen LogP) is 4.26. The number of benzene rings is 1. The summed E-state index contributed by atoms with van der Waals surface area (Å²) in [5.74, 6) is -0.834. The quantitative estimate of drug-likeness (QED) is 0.433. The van der Waals surface area contributed by atoms with Gasteiger partial charge in [-0.15, -0.1) is 6.58 Å². The Labute approximate surface area is 196 Å². The van der Waals surface area contributed by atoms with Gasteiger partial charge in [0.1, 0.15) is 17.2 Å². The van der Waals surface area contributed by atoms with Crippen LogP contribution >= 0.6 is 0 Å². The molecule has 0 unspecified atom stereocenters. The standard InChI is InChI=1S/C25H25FN6O2/c1-4-18-7-5-15(2)32(18)21-10-6-16(13-27-21)24-28-23-20(9-8-19(22(23)26)25(33)34)31(24)14-17-11-12-30(3)29-17/h4,6,8-13,15,18H,1,5,7,14H2,2-3H3,(H,33,34)/t15-,18-/m0/s1. The predicted molar refractivity (Wildman–Crippen MR) is 127 cm³/mol. The van der Waals surface area contributed by atoms with Gasteiger partial charge in [-0.25, -0.2) is 19.2 Å².